The van der Waals surface area contributed by atoms with Crippen LogP contribution in [0, 0.1) is 5.92 Å². The molecule has 0 aromatic carbocycles. The molecule has 68 valence electrons. The minimum atomic E-state index is 0.442. The van der Waals surface area contributed by atoms with Gasteiger partial charge in [0.25, 0.3) is 0 Å². The zero-order valence-electron chi connectivity index (χ0n) is 7.75. The van der Waals surface area contributed by atoms with Crippen molar-refractivity contribution in [1.29, 1.82) is 0 Å². The first-order valence-corrected chi connectivity index (χ1v) is 5.07. The molecule has 2 aliphatic rings. The van der Waals surface area contributed by atoms with E-state index in [2.05, 4.69) is 11.8 Å². The summed E-state index contributed by atoms with van der Waals surface area (Å²) in [6.07, 6.45) is 4.80. The van der Waals surface area contributed by atoms with Crippen molar-refractivity contribution in [3.8, 4) is 0 Å². The maximum absolute atomic E-state index is 11.0. The number of hydrogen-bond acceptors (Lipinski definition) is 2. The third kappa shape index (κ3) is 1.53. The fourth-order valence-corrected chi connectivity index (χ4v) is 2.30. The van der Waals surface area contributed by atoms with Crippen LogP contribution in [0.1, 0.15) is 32.6 Å². The Kier molecular flexibility index (Phi) is 2.18. The largest absolute Gasteiger partial charge is 0.298 e. The second-order valence-electron chi connectivity index (χ2n) is 4.11. The molecule has 1 aliphatic carbocycles. The lowest BCUT2D eigenvalue weighted by Gasteiger charge is -2.12. The highest BCUT2D eigenvalue weighted by Gasteiger charge is 2.42. The number of nitrogens with zero attached hydrogens (tertiary/aromatic N) is 1. The SMILES string of the molecule is CCCC1CC1N1CCC(=O)C1. The number of ketones is 1. The average Bonchev–Trinajstić information content (AvgIpc) is 2.67. The molecule has 2 fully saturated rings. The van der Waals surface area contributed by atoms with Gasteiger partial charge in [0.1, 0.15) is 5.78 Å². The number of rotatable bonds is 3. The van der Waals surface area contributed by atoms with Crippen LogP contribution in [0.25, 0.3) is 0 Å². The first-order chi connectivity index (χ1) is 5.81. The fraction of sp³-hybridized carbons (Fsp3) is 0.900. The second kappa shape index (κ2) is 3.17. The number of carbonyl (C=O) groups is 1. The van der Waals surface area contributed by atoms with Gasteiger partial charge in [-0.2, -0.15) is 0 Å². The summed E-state index contributed by atoms with van der Waals surface area (Å²) < 4.78 is 0. The van der Waals surface area contributed by atoms with Crippen molar-refractivity contribution < 1.29 is 4.79 Å². The number of Topliss-reactive ketones (excluding diaryl/α,β-unsaturated/α-hetero) is 1. The molecule has 12 heavy (non-hydrogen) atoms. The first-order valence-electron chi connectivity index (χ1n) is 5.07. The Bertz CT molecular complexity index is 190. The van der Waals surface area contributed by atoms with Crippen LogP contribution in [0.3, 0.4) is 0 Å². The van der Waals surface area contributed by atoms with E-state index >= 15 is 0 Å². The van der Waals surface area contributed by atoms with Crippen LogP contribution in [0.5, 0.6) is 0 Å². The van der Waals surface area contributed by atoms with E-state index in [1.807, 2.05) is 0 Å². The van der Waals surface area contributed by atoms with E-state index in [9.17, 15) is 4.79 Å². The lowest BCUT2D eigenvalue weighted by Crippen LogP contribution is -2.24. The predicted molar refractivity (Wildman–Crippen MR) is 48.0 cm³/mol. The van der Waals surface area contributed by atoms with Crippen LogP contribution >= 0.6 is 0 Å². The van der Waals surface area contributed by atoms with Crippen molar-refractivity contribution in [2.24, 2.45) is 5.92 Å². The molecule has 2 nitrogen and oxygen atoms in total. The quantitative estimate of drug-likeness (QED) is 0.634. The van der Waals surface area contributed by atoms with Gasteiger partial charge < -0.3 is 0 Å². The Labute approximate surface area is 73.9 Å². The van der Waals surface area contributed by atoms with E-state index in [0.29, 0.717) is 5.78 Å². The molecular weight excluding hydrogens is 150 g/mol. The molecule has 1 aliphatic heterocycles. The zero-order valence-corrected chi connectivity index (χ0v) is 7.75. The summed E-state index contributed by atoms with van der Waals surface area (Å²) in [4.78, 5) is 13.4. The summed E-state index contributed by atoms with van der Waals surface area (Å²) in [6, 6.07) is 0.774. The minimum Gasteiger partial charge on any atom is -0.298 e. The molecule has 1 saturated carbocycles. The van der Waals surface area contributed by atoms with Crippen LogP contribution in [0.15, 0.2) is 0 Å². The number of likely N-dealkylation sites (tertiary alicyclic amines) is 1. The molecule has 0 aromatic heterocycles. The van der Waals surface area contributed by atoms with Crippen LogP contribution in [0.2, 0.25) is 0 Å². The van der Waals surface area contributed by atoms with Gasteiger partial charge in [-0.3, -0.25) is 9.69 Å². The van der Waals surface area contributed by atoms with Gasteiger partial charge in [-0.05, 0) is 18.8 Å². The minimum absolute atomic E-state index is 0.442. The topological polar surface area (TPSA) is 20.3 Å². The Hall–Kier alpha value is -0.370. The monoisotopic (exact) mass is 167 g/mol. The average molecular weight is 167 g/mol. The first kappa shape index (κ1) is 8.24. The van der Waals surface area contributed by atoms with Crippen molar-refractivity contribution in [3.63, 3.8) is 0 Å². The highest BCUT2D eigenvalue weighted by Crippen LogP contribution is 2.40. The lowest BCUT2D eigenvalue weighted by molar-refractivity contribution is -0.116. The Morgan fingerprint density at radius 3 is 3.00 bits per heavy atom. The van der Waals surface area contributed by atoms with E-state index in [1.165, 1.54) is 19.3 Å². The Balaban J connectivity index is 1.77. The molecule has 0 aromatic rings. The van der Waals surface area contributed by atoms with Crippen molar-refractivity contribution in [1.82, 2.24) is 4.90 Å². The van der Waals surface area contributed by atoms with Crippen LogP contribution < -0.4 is 0 Å². The Morgan fingerprint density at radius 1 is 1.58 bits per heavy atom. The summed E-state index contributed by atoms with van der Waals surface area (Å²) in [5, 5.41) is 0. The van der Waals surface area contributed by atoms with Gasteiger partial charge in [0, 0.05) is 19.0 Å². The highest BCUT2D eigenvalue weighted by atomic mass is 16.1. The summed E-state index contributed by atoms with van der Waals surface area (Å²) in [7, 11) is 0. The maximum Gasteiger partial charge on any atom is 0.148 e. The van der Waals surface area contributed by atoms with Gasteiger partial charge in [0.05, 0.1) is 6.54 Å². The normalized spacial score (nSPS) is 35.9. The summed E-state index contributed by atoms with van der Waals surface area (Å²) in [5.41, 5.74) is 0. The van der Waals surface area contributed by atoms with E-state index < -0.39 is 0 Å². The maximum atomic E-state index is 11.0. The number of hydrogen-bond donors (Lipinski definition) is 0. The van der Waals surface area contributed by atoms with Gasteiger partial charge >= 0.3 is 0 Å². The van der Waals surface area contributed by atoms with Gasteiger partial charge in [-0.25, -0.2) is 0 Å². The molecular formula is C10H17NO. The van der Waals surface area contributed by atoms with E-state index in [0.717, 1.165) is 31.5 Å². The van der Waals surface area contributed by atoms with Crippen LogP contribution in [0.4, 0.5) is 0 Å². The molecule has 0 spiro atoms. The molecule has 2 rings (SSSR count). The fourth-order valence-electron chi connectivity index (χ4n) is 2.30. The third-order valence-corrected chi connectivity index (χ3v) is 3.07. The van der Waals surface area contributed by atoms with Crippen molar-refractivity contribution in [3.05, 3.63) is 0 Å². The van der Waals surface area contributed by atoms with E-state index in [1.54, 1.807) is 0 Å². The molecule has 0 bridgehead atoms. The molecule has 2 unspecified atom stereocenters. The molecule has 0 N–H and O–H groups in total. The van der Waals surface area contributed by atoms with Crippen molar-refractivity contribution >= 4 is 5.78 Å². The van der Waals surface area contributed by atoms with Gasteiger partial charge in [-0.15, -0.1) is 0 Å². The zero-order chi connectivity index (χ0) is 8.55. The number of carbonyl (C=O) groups excluding carboxylic acids is 1. The molecule has 2 atom stereocenters. The van der Waals surface area contributed by atoms with E-state index in [-0.39, 0.29) is 0 Å². The van der Waals surface area contributed by atoms with Gasteiger partial charge in [0.15, 0.2) is 0 Å². The predicted octanol–water partition coefficient (Wildman–Crippen LogP) is 1.45. The van der Waals surface area contributed by atoms with Crippen molar-refractivity contribution in [2.45, 2.75) is 38.6 Å². The summed E-state index contributed by atoms with van der Waals surface area (Å²) >= 11 is 0. The molecule has 1 saturated heterocycles. The van der Waals surface area contributed by atoms with Crippen LogP contribution in [-0.4, -0.2) is 29.8 Å². The highest BCUT2D eigenvalue weighted by molar-refractivity contribution is 5.82. The Morgan fingerprint density at radius 2 is 2.42 bits per heavy atom. The second-order valence-corrected chi connectivity index (χ2v) is 4.11. The standard InChI is InChI=1S/C10H17NO/c1-2-3-8-6-10(8)11-5-4-9(12)7-11/h8,10H,2-7H2,1H3. The molecule has 0 radical (unpaired) electrons. The lowest BCUT2D eigenvalue weighted by atomic mass is 10.2. The van der Waals surface area contributed by atoms with Crippen LogP contribution in [-0.2, 0) is 4.79 Å². The van der Waals surface area contributed by atoms with E-state index in [4.69, 9.17) is 0 Å². The van der Waals surface area contributed by atoms with Gasteiger partial charge in [0.2, 0.25) is 0 Å². The molecule has 2 heteroatoms. The molecule has 0 amide bonds. The van der Waals surface area contributed by atoms with Gasteiger partial charge in [-0.1, -0.05) is 13.3 Å². The smallest absolute Gasteiger partial charge is 0.148 e. The summed E-state index contributed by atoms with van der Waals surface area (Å²) in [6.45, 7) is 4.01. The third-order valence-electron chi connectivity index (χ3n) is 3.07. The summed E-state index contributed by atoms with van der Waals surface area (Å²) in [5.74, 6) is 1.36. The molecule has 1 heterocycles. The van der Waals surface area contributed by atoms with Crippen molar-refractivity contribution in [2.75, 3.05) is 13.1 Å².